The zero-order valence-electron chi connectivity index (χ0n) is 15.0. The predicted octanol–water partition coefficient (Wildman–Crippen LogP) is 3.18. The highest BCUT2D eigenvalue weighted by Gasteiger charge is 2.21. The molecule has 1 atom stereocenters. The van der Waals surface area contributed by atoms with Gasteiger partial charge in [-0.2, -0.15) is 0 Å². The summed E-state index contributed by atoms with van der Waals surface area (Å²) in [5.41, 5.74) is 2.93. The van der Waals surface area contributed by atoms with E-state index in [1.807, 2.05) is 37.3 Å². The second-order valence-corrected chi connectivity index (χ2v) is 6.92. The fourth-order valence-electron chi connectivity index (χ4n) is 2.63. The standard InChI is InChI=1S/C20H27N3O/c1-15-10-11-17(13-21-15)12-19(24)22-14-20(3,4)23-16(2)18-8-6-5-7-9-18/h5-11,13,16,23H,12,14H2,1-4H3,(H,22,24)/t16-/m0/s1. The number of nitrogens with zero attached hydrogens (tertiary/aromatic N) is 1. The van der Waals surface area contributed by atoms with Crippen LogP contribution in [0.4, 0.5) is 0 Å². The van der Waals surface area contributed by atoms with Gasteiger partial charge < -0.3 is 10.6 Å². The number of nitrogens with one attached hydrogen (secondary N) is 2. The molecule has 0 bridgehead atoms. The fourth-order valence-corrected chi connectivity index (χ4v) is 2.63. The molecule has 1 amide bonds. The van der Waals surface area contributed by atoms with Crippen LogP contribution in [0, 0.1) is 6.92 Å². The molecule has 0 fully saturated rings. The normalized spacial score (nSPS) is 12.7. The Hall–Kier alpha value is -2.20. The molecule has 128 valence electrons. The van der Waals surface area contributed by atoms with Crippen molar-refractivity contribution < 1.29 is 4.79 Å². The van der Waals surface area contributed by atoms with E-state index in [1.165, 1.54) is 5.56 Å². The Labute approximate surface area is 144 Å². The Morgan fingerprint density at radius 3 is 2.50 bits per heavy atom. The van der Waals surface area contributed by atoms with Crippen LogP contribution in [-0.2, 0) is 11.2 Å². The summed E-state index contributed by atoms with van der Waals surface area (Å²) in [7, 11) is 0. The Bertz CT molecular complexity index is 650. The maximum atomic E-state index is 12.1. The maximum Gasteiger partial charge on any atom is 0.224 e. The topological polar surface area (TPSA) is 54.0 Å². The van der Waals surface area contributed by atoms with Crippen molar-refractivity contribution in [3.05, 3.63) is 65.5 Å². The summed E-state index contributed by atoms with van der Waals surface area (Å²) < 4.78 is 0. The Morgan fingerprint density at radius 2 is 1.88 bits per heavy atom. The molecule has 2 rings (SSSR count). The van der Waals surface area contributed by atoms with Crippen molar-refractivity contribution in [1.82, 2.24) is 15.6 Å². The molecule has 2 aromatic rings. The van der Waals surface area contributed by atoms with Crippen molar-refractivity contribution in [2.45, 2.75) is 45.7 Å². The summed E-state index contributed by atoms with van der Waals surface area (Å²) in [4.78, 5) is 16.4. The van der Waals surface area contributed by atoms with Crippen LogP contribution in [0.5, 0.6) is 0 Å². The van der Waals surface area contributed by atoms with Gasteiger partial charge in [0.1, 0.15) is 0 Å². The highest BCUT2D eigenvalue weighted by atomic mass is 16.1. The number of carbonyl (C=O) groups excluding carboxylic acids is 1. The summed E-state index contributed by atoms with van der Waals surface area (Å²) in [5, 5.41) is 6.59. The molecule has 0 saturated carbocycles. The van der Waals surface area contributed by atoms with Crippen molar-refractivity contribution >= 4 is 5.91 Å². The van der Waals surface area contributed by atoms with Gasteiger partial charge in [0.2, 0.25) is 5.91 Å². The van der Waals surface area contributed by atoms with Crippen molar-refractivity contribution in [1.29, 1.82) is 0 Å². The molecule has 0 spiro atoms. The number of hydrogen-bond donors (Lipinski definition) is 2. The van der Waals surface area contributed by atoms with E-state index in [1.54, 1.807) is 6.20 Å². The quantitative estimate of drug-likeness (QED) is 0.822. The van der Waals surface area contributed by atoms with Crippen LogP contribution in [0.3, 0.4) is 0 Å². The van der Waals surface area contributed by atoms with E-state index < -0.39 is 0 Å². The smallest absolute Gasteiger partial charge is 0.224 e. The summed E-state index contributed by atoms with van der Waals surface area (Å²) in [6, 6.07) is 14.4. The van der Waals surface area contributed by atoms with E-state index >= 15 is 0 Å². The SMILES string of the molecule is Cc1ccc(CC(=O)NCC(C)(C)N[C@@H](C)c2ccccc2)cn1. The van der Waals surface area contributed by atoms with Gasteiger partial charge in [-0.25, -0.2) is 0 Å². The molecule has 0 saturated heterocycles. The molecule has 2 N–H and O–H groups in total. The Kier molecular flexibility index (Phi) is 6.10. The first-order valence-corrected chi connectivity index (χ1v) is 8.36. The van der Waals surface area contributed by atoms with Crippen LogP contribution in [-0.4, -0.2) is 23.0 Å². The molecule has 0 aliphatic carbocycles. The number of hydrogen-bond acceptors (Lipinski definition) is 3. The number of carbonyl (C=O) groups is 1. The molecule has 1 aromatic carbocycles. The number of aryl methyl sites for hydroxylation is 1. The van der Waals surface area contributed by atoms with Gasteiger partial charge in [0, 0.05) is 30.0 Å². The van der Waals surface area contributed by atoms with Gasteiger partial charge in [0.05, 0.1) is 6.42 Å². The van der Waals surface area contributed by atoms with Crippen LogP contribution in [0.25, 0.3) is 0 Å². The lowest BCUT2D eigenvalue weighted by Crippen LogP contribution is -2.50. The van der Waals surface area contributed by atoms with Crippen LogP contribution in [0.15, 0.2) is 48.7 Å². The molecule has 0 unspecified atom stereocenters. The van der Waals surface area contributed by atoms with Crippen molar-refractivity contribution in [2.75, 3.05) is 6.54 Å². The van der Waals surface area contributed by atoms with E-state index in [0.717, 1.165) is 11.3 Å². The Balaban J connectivity index is 1.83. The highest BCUT2D eigenvalue weighted by Crippen LogP contribution is 2.15. The van der Waals surface area contributed by atoms with Gasteiger partial charge in [0.15, 0.2) is 0 Å². The third-order valence-electron chi connectivity index (χ3n) is 3.97. The minimum absolute atomic E-state index is 0.0166. The second kappa shape index (κ2) is 8.06. The van der Waals surface area contributed by atoms with Gasteiger partial charge in [-0.15, -0.1) is 0 Å². The lowest BCUT2D eigenvalue weighted by atomic mass is 10.0. The first kappa shape index (κ1) is 18.1. The van der Waals surface area contributed by atoms with E-state index in [2.05, 4.69) is 48.5 Å². The molecular formula is C20H27N3O. The molecule has 1 heterocycles. The second-order valence-electron chi connectivity index (χ2n) is 6.92. The lowest BCUT2D eigenvalue weighted by Gasteiger charge is -2.31. The number of pyridine rings is 1. The molecule has 4 nitrogen and oxygen atoms in total. The van der Waals surface area contributed by atoms with E-state index in [-0.39, 0.29) is 17.5 Å². The average molecular weight is 325 g/mol. The maximum absolute atomic E-state index is 12.1. The number of aromatic nitrogens is 1. The number of benzene rings is 1. The molecular weight excluding hydrogens is 298 g/mol. The van der Waals surface area contributed by atoms with Crippen LogP contribution in [0.1, 0.15) is 43.6 Å². The lowest BCUT2D eigenvalue weighted by molar-refractivity contribution is -0.120. The van der Waals surface area contributed by atoms with Gasteiger partial charge >= 0.3 is 0 Å². The summed E-state index contributed by atoms with van der Waals surface area (Å²) >= 11 is 0. The van der Waals surface area contributed by atoms with E-state index in [9.17, 15) is 4.79 Å². The molecule has 4 heteroatoms. The first-order valence-electron chi connectivity index (χ1n) is 8.36. The minimum atomic E-state index is -0.198. The van der Waals surface area contributed by atoms with E-state index in [4.69, 9.17) is 0 Å². The van der Waals surface area contributed by atoms with Crippen molar-refractivity contribution in [3.8, 4) is 0 Å². The van der Waals surface area contributed by atoms with Crippen LogP contribution >= 0.6 is 0 Å². The summed E-state index contributed by atoms with van der Waals surface area (Å²) in [6.45, 7) is 8.84. The Morgan fingerprint density at radius 1 is 1.17 bits per heavy atom. The van der Waals surface area contributed by atoms with Crippen molar-refractivity contribution in [3.63, 3.8) is 0 Å². The third-order valence-corrected chi connectivity index (χ3v) is 3.97. The van der Waals surface area contributed by atoms with Gasteiger partial charge in [-0.05, 0) is 44.9 Å². The fraction of sp³-hybridized carbons (Fsp3) is 0.400. The minimum Gasteiger partial charge on any atom is -0.354 e. The third kappa shape index (κ3) is 5.78. The highest BCUT2D eigenvalue weighted by molar-refractivity contribution is 5.78. The molecule has 0 aliphatic heterocycles. The van der Waals surface area contributed by atoms with E-state index in [0.29, 0.717) is 13.0 Å². The molecule has 24 heavy (non-hydrogen) atoms. The number of amides is 1. The molecule has 1 aromatic heterocycles. The average Bonchev–Trinajstić information content (AvgIpc) is 2.56. The largest absolute Gasteiger partial charge is 0.354 e. The first-order chi connectivity index (χ1) is 11.4. The van der Waals surface area contributed by atoms with Crippen LogP contribution in [0.2, 0.25) is 0 Å². The van der Waals surface area contributed by atoms with Gasteiger partial charge in [-0.1, -0.05) is 36.4 Å². The molecule has 0 aliphatic rings. The number of rotatable bonds is 7. The summed E-state index contributed by atoms with van der Waals surface area (Å²) in [5.74, 6) is 0.0166. The van der Waals surface area contributed by atoms with Crippen LogP contribution < -0.4 is 10.6 Å². The van der Waals surface area contributed by atoms with Gasteiger partial charge in [-0.3, -0.25) is 9.78 Å². The predicted molar refractivity (Wildman–Crippen MR) is 97.8 cm³/mol. The molecule has 0 radical (unpaired) electrons. The van der Waals surface area contributed by atoms with Gasteiger partial charge in [0.25, 0.3) is 0 Å². The zero-order valence-corrected chi connectivity index (χ0v) is 15.0. The monoisotopic (exact) mass is 325 g/mol. The summed E-state index contributed by atoms with van der Waals surface area (Å²) in [6.07, 6.45) is 2.12. The zero-order chi connectivity index (χ0) is 17.6. The van der Waals surface area contributed by atoms with Crippen molar-refractivity contribution in [2.24, 2.45) is 0 Å².